The van der Waals surface area contributed by atoms with Gasteiger partial charge in [0.15, 0.2) is 11.0 Å². The van der Waals surface area contributed by atoms with Crippen LogP contribution < -0.4 is 20.9 Å². The predicted molar refractivity (Wildman–Crippen MR) is 157 cm³/mol. The number of anilines is 4. The number of aromatic nitrogens is 4. The second kappa shape index (κ2) is 10.8. The van der Waals surface area contributed by atoms with E-state index in [2.05, 4.69) is 63.6 Å². The van der Waals surface area contributed by atoms with Crippen LogP contribution in [0.2, 0.25) is 0 Å². The maximum atomic E-state index is 11.7. The normalized spacial score (nSPS) is 17.4. The van der Waals surface area contributed by atoms with Crippen molar-refractivity contribution in [2.75, 3.05) is 41.7 Å². The monoisotopic (exact) mass is 549 g/mol. The largest absolute Gasteiger partial charge is 0.353 e. The Balaban J connectivity index is 1.27. The average molecular weight is 550 g/mol. The number of carbonyl (C=O) groups excluding carboxylic acids is 1. The van der Waals surface area contributed by atoms with Gasteiger partial charge < -0.3 is 20.9 Å². The molecule has 2 saturated heterocycles. The number of rotatable bonds is 9. The van der Waals surface area contributed by atoms with Crippen molar-refractivity contribution in [1.29, 1.82) is 0 Å². The van der Waals surface area contributed by atoms with Crippen molar-refractivity contribution in [2.45, 2.75) is 75.1 Å². The molecule has 0 radical (unpaired) electrons. The summed E-state index contributed by atoms with van der Waals surface area (Å²) in [5.41, 5.74) is 2.04. The van der Waals surface area contributed by atoms with Crippen molar-refractivity contribution in [3.05, 3.63) is 42.1 Å². The van der Waals surface area contributed by atoms with Crippen LogP contribution in [0.1, 0.15) is 46.7 Å². The summed E-state index contributed by atoms with van der Waals surface area (Å²) in [7, 11) is 0. The standard InChI is InChI=1S/C28H39N9OS/c1-7-25(38)29-19-8-10-21(11-9-19)39-26-31-22(30-23-12-18(2)33-34-23)13-24(32-26)36-14-20(15-36)37-16-28(6,17-37)35-27(3,4)5/h8-13,20,35H,7,14-17H2,1-6H3,(H,29,38)(H2,30,31,32,33,34). The Hall–Kier alpha value is -3.15. The number of likely N-dealkylation sites (tertiary alicyclic amines) is 1. The zero-order chi connectivity index (χ0) is 27.8. The molecule has 2 aliphatic rings. The molecule has 0 spiro atoms. The molecule has 0 unspecified atom stereocenters. The number of benzene rings is 1. The SMILES string of the molecule is CCC(=O)Nc1ccc(Sc2nc(Nc3cc(C)[nH]n3)cc(N3CC(N4CC(C)(NC(C)(C)C)C4)C3)n2)cc1. The third-order valence-electron chi connectivity index (χ3n) is 6.81. The van der Waals surface area contributed by atoms with E-state index in [0.29, 0.717) is 23.4 Å². The lowest BCUT2D eigenvalue weighted by molar-refractivity contribution is -0.115. The Kier molecular flexibility index (Phi) is 7.58. The van der Waals surface area contributed by atoms with Crippen LogP contribution in [0.3, 0.4) is 0 Å². The topological polar surface area (TPSA) is 114 Å². The number of nitrogens with zero attached hydrogens (tertiary/aromatic N) is 5. The lowest BCUT2D eigenvalue weighted by Crippen LogP contribution is -2.76. The van der Waals surface area contributed by atoms with E-state index >= 15 is 0 Å². The molecular formula is C28H39N9OS. The van der Waals surface area contributed by atoms with Gasteiger partial charge in [-0.1, -0.05) is 6.92 Å². The third-order valence-corrected chi connectivity index (χ3v) is 7.68. The number of aryl methyl sites for hydroxylation is 1. The summed E-state index contributed by atoms with van der Waals surface area (Å²) in [4.78, 5) is 27.2. The van der Waals surface area contributed by atoms with Crippen LogP contribution in [0.25, 0.3) is 0 Å². The number of H-pyrrole nitrogens is 1. The molecule has 10 nitrogen and oxygen atoms in total. The fourth-order valence-electron chi connectivity index (χ4n) is 5.23. The summed E-state index contributed by atoms with van der Waals surface area (Å²) in [6, 6.07) is 12.2. The number of carbonyl (C=O) groups is 1. The highest BCUT2D eigenvalue weighted by atomic mass is 32.2. The van der Waals surface area contributed by atoms with Crippen LogP contribution in [0, 0.1) is 6.92 Å². The van der Waals surface area contributed by atoms with E-state index in [0.717, 1.165) is 54.1 Å². The maximum absolute atomic E-state index is 11.7. The van der Waals surface area contributed by atoms with Gasteiger partial charge in [0.05, 0.1) is 0 Å². The Labute approximate surface area is 234 Å². The maximum Gasteiger partial charge on any atom is 0.224 e. The van der Waals surface area contributed by atoms with Crippen molar-refractivity contribution in [3.8, 4) is 0 Å². The molecule has 2 aliphatic heterocycles. The molecule has 2 aromatic heterocycles. The lowest BCUT2D eigenvalue weighted by atomic mass is 9.86. The molecule has 2 fully saturated rings. The number of hydrogen-bond acceptors (Lipinski definition) is 9. The van der Waals surface area contributed by atoms with Crippen molar-refractivity contribution >= 4 is 40.8 Å². The molecule has 208 valence electrons. The second-order valence-corrected chi connectivity index (χ2v) is 12.9. The van der Waals surface area contributed by atoms with E-state index in [1.54, 1.807) is 0 Å². The smallest absolute Gasteiger partial charge is 0.224 e. The summed E-state index contributed by atoms with van der Waals surface area (Å²) in [5.74, 6) is 2.32. The van der Waals surface area contributed by atoms with E-state index in [1.807, 2.05) is 50.2 Å². The van der Waals surface area contributed by atoms with Crippen LogP contribution in [0.4, 0.5) is 23.1 Å². The van der Waals surface area contributed by atoms with E-state index in [4.69, 9.17) is 9.97 Å². The summed E-state index contributed by atoms with van der Waals surface area (Å²) in [5, 5.41) is 17.9. The highest BCUT2D eigenvalue weighted by Gasteiger charge is 2.46. The summed E-state index contributed by atoms with van der Waals surface area (Å²) in [6.45, 7) is 16.8. The minimum atomic E-state index is -0.00284. The van der Waals surface area contributed by atoms with Gasteiger partial charge in [0.2, 0.25) is 5.91 Å². The summed E-state index contributed by atoms with van der Waals surface area (Å²) in [6.07, 6.45) is 0.449. The first-order chi connectivity index (χ1) is 18.5. The van der Waals surface area contributed by atoms with Crippen molar-refractivity contribution in [2.24, 2.45) is 0 Å². The molecule has 0 saturated carbocycles. The van der Waals surface area contributed by atoms with Crippen LogP contribution >= 0.6 is 11.8 Å². The third kappa shape index (κ3) is 6.90. The Morgan fingerprint density at radius 3 is 2.46 bits per heavy atom. The zero-order valence-electron chi connectivity index (χ0n) is 23.6. The molecule has 1 aromatic carbocycles. The van der Waals surface area contributed by atoms with Crippen LogP contribution in [-0.4, -0.2) is 74.3 Å². The average Bonchev–Trinajstić information content (AvgIpc) is 3.21. The number of aromatic amines is 1. The van der Waals surface area contributed by atoms with Gasteiger partial charge in [-0.15, -0.1) is 0 Å². The van der Waals surface area contributed by atoms with E-state index in [1.165, 1.54) is 11.8 Å². The molecule has 3 aromatic rings. The molecule has 4 heterocycles. The number of nitrogens with one attached hydrogen (secondary N) is 4. The van der Waals surface area contributed by atoms with Crippen LogP contribution in [0.5, 0.6) is 0 Å². The number of hydrogen-bond donors (Lipinski definition) is 4. The van der Waals surface area contributed by atoms with Gasteiger partial charge >= 0.3 is 0 Å². The van der Waals surface area contributed by atoms with Gasteiger partial charge in [-0.2, -0.15) is 5.10 Å². The Bertz CT molecular complexity index is 1310. The lowest BCUT2D eigenvalue weighted by Gasteiger charge is -2.58. The molecule has 1 amide bonds. The molecule has 5 rings (SSSR count). The van der Waals surface area contributed by atoms with Gasteiger partial charge in [-0.3, -0.25) is 14.8 Å². The highest BCUT2D eigenvalue weighted by Crippen LogP contribution is 2.34. The van der Waals surface area contributed by atoms with Crippen LogP contribution in [0.15, 0.2) is 46.5 Å². The molecule has 39 heavy (non-hydrogen) atoms. The molecular weight excluding hydrogens is 510 g/mol. The van der Waals surface area contributed by atoms with Gasteiger partial charge in [0.1, 0.15) is 11.6 Å². The van der Waals surface area contributed by atoms with Gasteiger partial charge in [-0.05, 0) is 70.6 Å². The van der Waals surface area contributed by atoms with Gasteiger partial charge in [-0.25, -0.2) is 9.97 Å². The molecule has 11 heteroatoms. The number of amides is 1. The van der Waals surface area contributed by atoms with Gasteiger partial charge in [0, 0.05) is 78.1 Å². The van der Waals surface area contributed by atoms with Crippen molar-refractivity contribution in [1.82, 2.24) is 30.4 Å². The second-order valence-electron chi connectivity index (χ2n) is 11.9. The molecule has 0 bridgehead atoms. The first-order valence-electron chi connectivity index (χ1n) is 13.5. The first-order valence-corrected chi connectivity index (χ1v) is 14.3. The zero-order valence-corrected chi connectivity index (χ0v) is 24.4. The molecule has 0 atom stereocenters. The fraction of sp³-hybridized carbons (Fsp3) is 0.500. The van der Waals surface area contributed by atoms with Gasteiger partial charge in [0.25, 0.3) is 0 Å². The van der Waals surface area contributed by atoms with Crippen molar-refractivity contribution < 1.29 is 4.79 Å². The van der Waals surface area contributed by atoms with E-state index in [-0.39, 0.29) is 17.0 Å². The minimum Gasteiger partial charge on any atom is -0.353 e. The van der Waals surface area contributed by atoms with E-state index in [9.17, 15) is 4.79 Å². The molecule has 4 N–H and O–H groups in total. The molecule has 0 aliphatic carbocycles. The van der Waals surface area contributed by atoms with Crippen molar-refractivity contribution in [3.63, 3.8) is 0 Å². The predicted octanol–water partition coefficient (Wildman–Crippen LogP) is 4.40. The summed E-state index contributed by atoms with van der Waals surface area (Å²) < 4.78 is 0. The summed E-state index contributed by atoms with van der Waals surface area (Å²) >= 11 is 1.50. The Morgan fingerprint density at radius 1 is 1.13 bits per heavy atom. The highest BCUT2D eigenvalue weighted by molar-refractivity contribution is 7.99. The Morgan fingerprint density at radius 2 is 1.85 bits per heavy atom. The fourth-order valence-corrected chi connectivity index (χ4v) is 5.99. The van der Waals surface area contributed by atoms with Crippen LogP contribution in [-0.2, 0) is 4.79 Å². The first kappa shape index (κ1) is 27.4. The minimum absolute atomic E-state index is 0.00284. The van der Waals surface area contributed by atoms with E-state index < -0.39 is 0 Å². The quantitative estimate of drug-likeness (QED) is 0.288.